The molecule has 5 nitrogen and oxygen atoms in total. The zero-order valence-corrected chi connectivity index (χ0v) is 15.0. The Kier molecular flexibility index (Phi) is 5.27. The number of nitrogens with zero attached hydrogens (tertiary/aromatic N) is 2. The Morgan fingerprint density at radius 3 is 2.72 bits per heavy atom. The van der Waals surface area contributed by atoms with Gasteiger partial charge in [0.1, 0.15) is 11.5 Å². The summed E-state index contributed by atoms with van der Waals surface area (Å²) in [5.41, 5.74) is 9.82. The minimum Gasteiger partial charge on any atom is -0.460 e. The van der Waals surface area contributed by atoms with E-state index in [1.54, 1.807) is 0 Å². The van der Waals surface area contributed by atoms with Crippen LogP contribution in [0, 0.1) is 6.92 Å². The summed E-state index contributed by atoms with van der Waals surface area (Å²) in [6.45, 7) is 4.63. The van der Waals surface area contributed by atoms with Gasteiger partial charge in [-0.1, -0.05) is 30.3 Å². The average molecular weight is 359 g/mol. The van der Waals surface area contributed by atoms with Gasteiger partial charge in [0, 0.05) is 37.2 Å². The van der Waals surface area contributed by atoms with E-state index in [0.29, 0.717) is 5.92 Å². The maximum atomic E-state index is 6.40. The van der Waals surface area contributed by atoms with Crippen LogP contribution in [0.15, 0.2) is 53.1 Å². The van der Waals surface area contributed by atoms with Crippen LogP contribution in [0.25, 0.3) is 11.5 Å². The molecule has 2 aromatic heterocycles. The predicted octanol–water partition coefficient (Wildman–Crippen LogP) is 3.33. The van der Waals surface area contributed by atoms with Gasteiger partial charge in [0.25, 0.3) is 0 Å². The lowest BCUT2D eigenvalue weighted by atomic mass is 9.95. The third-order valence-electron chi connectivity index (χ3n) is 4.77. The Balaban J connectivity index is 0.00000182. The summed E-state index contributed by atoms with van der Waals surface area (Å²) in [5.74, 6) is 2.12. The number of H-pyrrole nitrogens is 1. The third-order valence-corrected chi connectivity index (χ3v) is 4.77. The minimum atomic E-state index is 0. The fourth-order valence-corrected chi connectivity index (χ4v) is 3.55. The molecule has 0 spiro atoms. The van der Waals surface area contributed by atoms with Crippen molar-refractivity contribution in [1.29, 1.82) is 0 Å². The van der Waals surface area contributed by atoms with Gasteiger partial charge in [0.05, 0.1) is 6.20 Å². The molecule has 2 atom stereocenters. The molecule has 1 saturated heterocycles. The first kappa shape index (κ1) is 17.7. The van der Waals surface area contributed by atoms with E-state index in [1.807, 2.05) is 31.3 Å². The van der Waals surface area contributed by atoms with Crippen molar-refractivity contribution in [3.63, 3.8) is 0 Å². The second-order valence-electron chi connectivity index (χ2n) is 6.56. The van der Waals surface area contributed by atoms with Gasteiger partial charge < -0.3 is 10.2 Å². The van der Waals surface area contributed by atoms with Gasteiger partial charge in [-0.3, -0.25) is 10.00 Å². The van der Waals surface area contributed by atoms with Crippen molar-refractivity contribution < 1.29 is 4.42 Å². The van der Waals surface area contributed by atoms with Gasteiger partial charge in [-0.05, 0) is 24.6 Å². The Hall–Kier alpha value is -2.08. The molecule has 1 aromatic carbocycles. The second-order valence-corrected chi connectivity index (χ2v) is 6.56. The van der Waals surface area contributed by atoms with Crippen LogP contribution < -0.4 is 5.73 Å². The van der Waals surface area contributed by atoms with Gasteiger partial charge in [0.15, 0.2) is 5.76 Å². The molecule has 0 saturated carbocycles. The van der Waals surface area contributed by atoms with Gasteiger partial charge in [-0.15, -0.1) is 12.4 Å². The molecule has 4 rings (SSSR count). The first-order valence-corrected chi connectivity index (χ1v) is 8.32. The summed E-state index contributed by atoms with van der Waals surface area (Å²) in [6, 6.07) is 14.7. The molecule has 3 heterocycles. The molecule has 0 bridgehead atoms. The Morgan fingerprint density at radius 1 is 1.20 bits per heavy atom. The number of aromatic nitrogens is 2. The Bertz CT molecular complexity index is 814. The van der Waals surface area contributed by atoms with Crippen molar-refractivity contribution in [3.8, 4) is 11.5 Å². The fourth-order valence-electron chi connectivity index (χ4n) is 3.55. The number of halogens is 1. The van der Waals surface area contributed by atoms with Crippen LogP contribution in [-0.2, 0) is 6.54 Å². The number of benzene rings is 1. The van der Waals surface area contributed by atoms with Gasteiger partial charge in [-0.25, -0.2) is 0 Å². The van der Waals surface area contributed by atoms with E-state index in [0.717, 1.165) is 42.4 Å². The molecular weight excluding hydrogens is 336 g/mol. The lowest BCUT2D eigenvalue weighted by Crippen LogP contribution is -2.28. The molecule has 6 heteroatoms. The average Bonchev–Trinajstić information content (AvgIpc) is 3.29. The standard InChI is InChI=1S/C19H22N4O.ClH/c1-13-7-8-18(24-13)19-15(9-21-22-19)10-23-11-16(17(20)12-23)14-5-3-2-4-6-14;/h2-9,16-17H,10-12,20H2,1H3,(H,21,22);1H/t16-,17+;/m0./s1. The largest absolute Gasteiger partial charge is 0.460 e. The highest BCUT2D eigenvalue weighted by atomic mass is 35.5. The van der Waals surface area contributed by atoms with Crippen molar-refractivity contribution in [3.05, 3.63) is 65.5 Å². The second kappa shape index (κ2) is 7.44. The summed E-state index contributed by atoms with van der Waals surface area (Å²) in [4.78, 5) is 2.40. The number of nitrogens with two attached hydrogens (primary N) is 1. The molecule has 0 aliphatic carbocycles. The molecule has 1 aliphatic rings. The summed E-state index contributed by atoms with van der Waals surface area (Å²) in [5, 5.41) is 7.26. The normalized spacial score (nSPS) is 20.6. The van der Waals surface area contributed by atoms with E-state index in [4.69, 9.17) is 10.2 Å². The van der Waals surface area contributed by atoms with Crippen LogP contribution in [0.1, 0.15) is 22.8 Å². The summed E-state index contributed by atoms with van der Waals surface area (Å²) >= 11 is 0. The SMILES string of the molecule is Cc1ccc(-c2[nH]ncc2CN2C[C@@H](N)[C@H](c3ccccc3)C2)o1.Cl. The highest BCUT2D eigenvalue weighted by molar-refractivity contribution is 5.85. The molecule has 25 heavy (non-hydrogen) atoms. The number of hydrogen-bond donors (Lipinski definition) is 2. The van der Waals surface area contributed by atoms with E-state index < -0.39 is 0 Å². The van der Waals surface area contributed by atoms with Crippen LogP contribution in [0.4, 0.5) is 0 Å². The van der Waals surface area contributed by atoms with Gasteiger partial charge in [-0.2, -0.15) is 5.10 Å². The predicted molar refractivity (Wildman–Crippen MR) is 101 cm³/mol. The van der Waals surface area contributed by atoms with Crippen molar-refractivity contribution >= 4 is 12.4 Å². The molecule has 0 radical (unpaired) electrons. The highest BCUT2D eigenvalue weighted by Crippen LogP contribution is 2.29. The summed E-state index contributed by atoms with van der Waals surface area (Å²) in [6.07, 6.45) is 1.88. The zero-order chi connectivity index (χ0) is 16.5. The Morgan fingerprint density at radius 2 is 2.00 bits per heavy atom. The van der Waals surface area contributed by atoms with E-state index in [9.17, 15) is 0 Å². The first-order chi connectivity index (χ1) is 11.7. The molecule has 132 valence electrons. The number of furan rings is 1. The maximum Gasteiger partial charge on any atom is 0.152 e. The number of aryl methyl sites for hydroxylation is 1. The topological polar surface area (TPSA) is 71.1 Å². The lowest BCUT2D eigenvalue weighted by Gasteiger charge is -2.16. The Labute approximate surface area is 153 Å². The third kappa shape index (κ3) is 3.63. The zero-order valence-electron chi connectivity index (χ0n) is 14.2. The quantitative estimate of drug-likeness (QED) is 0.750. The number of likely N-dealkylation sites (tertiary alicyclic amines) is 1. The maximum absolute atomic E-state index is 6.40. The summed E-state index contributed by atoms with van der Waals surface area (Å²) < 4.78 is 5.73. The number of hydrogen-bond acceptors (Lipinski definition) is 4. The lowest BCUT2D eigenvalue weighted by molar-refractivity contribution is 0.324. The molecule has 3 N–H and O–H groups in total. The van der Waals surface area contributed by atoms with Gasteiger partial charge >= 0.3 is 0 Å². The van der Waals surface area contributed by atoms with E-state index in [1.165, 1.54) is 5.56 Å². The number of nitrogens with one attached hydrogen (secondary N) is 1. The van der Waals surface area contributed by atoms with Crippen LogP contribution in [0.5, 0.6) is 0 Å². The van der Waals surface area contributed by atoms with Crippen LogP contribution in [0.2, 0.25) is 0 Å². The monoisotopic (exact) mass is 358 g/mol. The fraction of sp³-hybridized carbons (Fsp3) is 0.316. The van der Waals surface area contributed by atoms with Gasteiger partial charge in [0.2, 0.25) is 0 Å². The molecular formula is C19H23ClN4O. The van der Waals surface area contributed by atoms with Crippen molar-refractivity contribution in [2.75, 3.05) is 13.1 Å². The van der Waals surface area contributed by atoms with E-state index in [2.05, 4.69) is 39.4 Å². The van der Waals surface area contributed by atoms with E-state index in [-0.39, 0.29) is 18.4 Å². The number of rotatable bonds is 4. The highest BCUT2D eigenvalue weighted by Gasteiger charge is 2.31. The van der Waals surface area contributed by atoms with Crippen molar-refractivity contribution in [2.24, 2.45) is 5.73 Å². The van der Waals surface area contributed by atoms with Crippen LogP contribution in [0.3, 0.4) is 0 Å². The first-order valence-electron chi connectivity index (χ1n) is 8.32. The van der Waals surface area contributed by atoms with Crippen LogP contribution >= 0.6 is 12.4 Å². The van der Waals surface area contributed by atoms with Crippen LogP contribution in [-0.4, -0.2) is 34.2 Å². The van der Waals surface area contributed by atoms with E-state index >= 15 is 0 Å². The number of aromatic amines is 1. The molecule has 3 aromatic rings. The molecule has 0 amide bonds. The smallest absolute Gasteiger partial charge is 0.152 e. The van der Waals surface area contributed by atoms with Crippen molar-refractivity contribution in [2.45, 2.75) is 25.4 Å². The molecule has 1 fully saturated rings. The van der Waals surface area contributed by atoms with Crippen molar-refractivity contribution in [1.82, 2.24) is 15.1 Å². The summed E-state index contributed by atoms with van der Waals surface area (Å²) in [7, 11) is 0. The molecule has 1 aliphatic heterocycles. The molecule has 0 unspecified atom stereocenters. The minimum absolute atomic E-state index is 0.